The number of carbonyl (C=O) groups is 1. The Balaban J connectivity index is 2.28. The number of amides is 1. The van der Waals surface area contributed by atoms with Crippen LogP contribution in [0.1, 0.15) is 18.9 Å². The van der Waals surface area contributed by atoms with Gasteiger partial charge in [-0.15, -0.1) is 0 Å². The van der Waals surface area contributed by atoms with Crippen molar-refractivity contribution in [3.8, 4) is 11.5 Å². The number of likely N-dealkylation sites (N-methyl/N-ethyl adjacent to an activating group) is 1. The lowest BCUT2D eigenvalue weighted by Gasteiger charge is -2.19. The van der Waals surface area contributed by atoms with Gasteiger partial charge in [-0.05, 0) is 12.6 Å². The van der Waals surface area contributed by atoms with Crippen molar-refractivity contribution in [3.63, 3.8) is 0 Å². The van der Waals surface area contributed by atoms with Crippen molar-refractivity contribution in [3.05, 3.63) is 22.7 Å². The van der Waals surface area contributed by atoms with Gasteiger partial charge < -0.3 is 19.7 Å². The predicted octanol–water partition coefficient (Wildman–Crippen LogP) is 2.07. The SMILES string of the molecule is CCNCc1cc(Cl)cc(OC)c1OC1CCN(C)C1=O. The Kier molecular flexibility index (Phi) is 5.31. The lowest BCUT2D eigenvalue weighted by molar-refractivity contribution is -0.132. The van der Waals surface area contributed by atoms with Crippen LogP contribution in [0.2, 0.25) is 5.02 Å². The second-order valence-corrected chi connectivity index (χ2v) is 5.47. The number of nitrogens with one attached hydrogen (secondary N) is 1. The minimum absolute atomic E-state index is 0.00130. The lowest BCUT2D eigenvalue weighted by atomic mass is 10.1. The van der Waals surface area contributed by atoms with Crippen LogP contribution in [-0.4, -0.2) is 44.2 Å². The van der Waals surface area contributed by atoms with E-state index in [-0.39, 0.29) is 5.91 Å². The topological polar surface area (TPSA) is 50.8 Å². The van der Waals surface area contributed by atoms with E-state index >= 15 is 0 Å². The molecule has 1 unspecified atom stereocenters. The zero-order chi connectivity index (χ0) is 15.4. The second-order valence-electron chi connectivity index (χ2n) is 5.03. The van der Waals surface area contributed by atoms with Gasteiger partial charge in [0.15, 0.2) is 17.6 Å². The van der Waals surface area contributed by atoms with E-state index in [4.69, 9.17) is 21.1 Å². The molecular weight excluding hydrogens is 292 g/mol. The molecule has 1 aliphatic heterocycles. The summed E-state index contributed by atoms with van der Waals surface area (Å²) in [6.07, 6.45) is 0.229. The van der Waals surface area contributed by atoms with Gasteiger partial charge in [0, 0.05) is 43.2 Å². The first-order chi connectivity index (χ1) is 10.1. The van der Waals surface area contributed by atoms with Gasteiger partial charge in [-0.3, -0.25) is 4.79 Å². The number of benzene rings is 1. The maximum Gasteiger partial charge on any atom is 0.263 e. The maximum absolute atomic E-state index is 12.0. The van der Waals surface area contributed by atoms with Crippen molar-refractivity contribution in [1.29, 1.82) is 0 Å². The minimum atomic E-state index is -0.453. The summed E-state index contributed by atoms with van der Waals surface area (Å²) in [5.74, 6) is 1.15. The highest BCUT2D eigenvalue weighted by atomic mass is 35.5. The van der Waals surface area contributed by atoms with Gasteiger partial charge >= 0.3 is 0 Å². The van der Waals surface area contributed by atoms with E-state index in [1.807, 2.05) is 13.0 Å². The number of ether oxygens (including phenoxy) is 2. The third-order valence-corrected chi connectivity index (χ3v) is 3.74. The van der Waals surface area contributed by atoms with Gasteiger partial charge in [-0.25, -0.2) is 0 Å². The standard InChI is InChI=1S/C15H21ClN2O3/c1-4-17-9-10-7-11(16)8-13(20-3)14(10)21-12-5-6-18(2)15(12)19/h7-8,12,17H,4-6,9H2,1-3H3. The monoisotopic (exact) mass is 312 g/mol. The molecule has 0 aromatic heterocycles. The average Bonchev–Trinajstić information content (AvgIpc) is 2.78. The number of rotatable bonds is 6. The van der Waals surface area contributed by atoms with Crippen LogP contribution in [-0.2, 0) is 11.3 Å². The van der Waals surface area contributed by atoms with Crippen LogP contribution in [0.5, 0.6) is 11.5 Å². The molecule has 1 aromatic rings. The zero-order valence-electron chi connectivity index (χ0n) is 12.6. The van der Waals surface area contributed by atoms with E-state index < -0.39 is 6.10 Å². The normalized spacial score (nSPS) is 18.2. The first kappa shape index (κ1) is 15.9. The van der Waals surface area contributed by atoms with Crippen molar-refractivity contribution in [2.45, 2.75) is 26.0 Å². The minimum Gasteiger partial charge on any atom is -0.493 e. The summed E-state index contributed by atoms with van der Waals surface area (Å²) < 4.78 is 11.3. The summed E-state index contributed by atoms with van der Waals surface area (Å²) in [6.45, 7) is 4.18. The van der Waals surface area contributed by atoms with Crippen molar-refractivity contribution in [2.24, 2.45) is 0 Å². The molecule has 5 nitrogen and oxygen atoms in total. The van der Waals surface area contributed by atoms with Crippen LogP contribution in [0.3, 0.4) is 0 Å². The summed E-state index contributed by atoms with van der Waals surface area (Å²) in [7, 11) is 3.35. The Morgan fingerprint density at radius 2 is 2.24 bits per heavy atom. The molecule has 1 aliphatic rings. The molecule has 1 saturated heterocycles. The summed E-state index contributed by atoms with van der Waals surface area (Å²) in [6, 6.07) is 3.54. The van der Waals surface area contributed by atoms with Gasteiger partial charge in [0.2, 0.25) is 0 Å². The average molecular weight is 313 g/mol. The first-order valence-electron chi connectivity index (χ1n) is 7.05. The molecule has 0 aliphatic carbocycles. The van der Waals surface area contributed by atoms with Gasteiger partial charge in [0.1, 0.15) is 0 Å². The highest BCUT2D eigenvalue weighted by Gasteiger charge is 2.32. The summed E-state index contributed by atoms with van der Waals surface area (Å²) in [5.41, 5.74) is 0.892. The maximum atomic E-state index is 12.0. The Labute approximate surface area is 130 Å². The molecule has 1 heterocycles. The molecule has 6 heteroatoms. The molecule has 0 bridgehead atoms. The molecule has 21 heavy (non-hydrogen) atoms. The fourth-order valence-electron chi connectivity index (χ4n) is 2.34. The largest absolute Gasteiger partial charge is 0.493 e. The highest BCUT2D eigenvalue weighted by Crippen LogP contribution is 2.36. The van der Waals surface area contributed by atoms with E-state index in [9.17, 15) is 4.79 Å². The van der Waals surface area contributed by atoms with Gasteiger partial charge in [0.25, 0.3) is 5.91 Å². The van der Waals surface area contributed by atoms with Crippen LogP contribution in [0, 0.1) is 0 Å². The van der Waals surface area contributed by atoms with Crippen LogP contribution in [0.4, 0.5) is 0 Å². The number of hydrogen-bond donors (Lipinski definition) is 1. The van der Waals surface area contributed by atoms with Crippen LogP contribution in [0.25, 0.3) is 0 Å². The molecule has 0 radical (unpaired) electrons. The molecule has 0 saturated carbocycles. The number of hydrogen-bond acceptors (Lipinski definition) is 4. The molecule has 1 amide bonds. The molecule has 0 spiro atoms. The van der Waals surface area contributed by atoms with Gasteiger partial charge in [-0.2, -0.15) is 0 Å². The zero-order valence-corrected chi connectivity index (χ0v) is 13.4. The number of carbonyl (C=O) groups excluding carboxylic acids is 1. The number of likely N-dealkylation sites (tertiary alicyclic amines) is 1. The predicted molar refractivity (Wildman–Crippen MR) is 82.1 cm³/mol. The summed E-state index contributed by atoms with van der Waals surface area (Å²) >= 11 is 6.11. The van der Waals surface area contributed by atoms with Crippen molar-refractivity contribution >= 4 is 17.5 Å². The fraction of sp³-hybridized carbons (Fsp3) is 0.533. The molecule has 2 rings (SSSR count). The van der Waals surface area contributed by atoms with E-state index in [2.05, 4.69) is 5.32 Å². The lowest BCUT2D eigenvalue weighted by Crippen LogP contribution is -2.30. The first-order valence-corrected chi connectivity index (χ1v) is 7.43. The van der Waals surface area contributed by atoms with Crippen molar-refractivity contribution in [1.82, 2.24) is 10.2 Å². The number of nitrogens with zero attached hydrogens (tertiary/aromatic N) is 1. The van der Waals surface area contributed by atoms with E-state index in [1.165, 1.54) is 0 Å². The number of halogens is 1. The summed E-state index contributed by atoms with van der Waals surface area (Å²) in [4.78, 5) is 13.7. The number of methoxy groups -OCH3 is 1. The molecule has 1 aromatic carbocycles. The van der Waals surface area contributed by atoms with Crippen LogP contribution < -0.4 is 14.8 Å². The van der Waals surface area contributed by atoms with E-state index in [0.29, 0.717) is 36.0 Å². The second kappa shape index (κ2) is 7.00. The molecule has 1 atom stereocenters. The molecule has 1 N–H and O–H groups in total. The third-order valence-electron chi connectivity index (χ3n) is 3.52. The van der Waals surface area contributed by atoms with E-state index in [1.54, 1.807) is 25.1 Å². The fourth-order valence-corrected chi connectivity index (χ4v) is 2.57. The molecular formula is C15H21ClN2O3. The van der Waals surface area contributed by atoms with Crippen molar-refractivity contribution < 1.29 is 14.3 Å². The van der Waals surface area contributed by atoms with Gasteiger partial charge in [0.05, 0.1) is 7.11 Å². The van der Waals surface area contributed by atoms with Gasteiger partial charge in [-0.1, -0.05) is 18.5 Å². The smallest absolute Gasteiger partial charge is 0.263 e. The van der Waals surface area contributed by atoms with Crippen molar-refractivity contribution in [2.75, 3.05) is 27.2 Å². The molecule has 116 valence electrons. The third kappa shape index (κ3) is 3.60. The summed E-state index contributed by atoms with van der Waals surface area (Å²) in [5, 5.41) is 3.82. The Bertz CT molecular complexity index is 522. The van der Waals surface area contributed by atoms with Crippen LogP contribution in [0.15, 0.2) is 12.1 Å². The Hall–Kier alpha value is -1.46. The Morgan fingerprint density at radius 1 is 1.48 bits per heavy atom. The molecule has 1 fully saturated rings. The Morgan fingerprint density at radius 3 is 2.81 bits per heavy atom. The van der Waals surface area contributed by atoms with Crippen LogP contribution >= 0.6 is 11.6 Å². The highest BCUT2D eigenvalue weighted by molar-refractivity contribution is 6.30. The van der Waals surface area contributed by atoms with E-state index in [0.717, 1.165) is 12.1 Å². The quantitative estimate of drug-likeness (QED) is 0.873.